The fourth-order valence-electron chi connectivity index (χ4n) is 4.82. The second-order valence-electron chi connectivity index (χ2n) is 8.11. The Morgan fingerprint density at radius 2 is 1.96 bits per heavy atom. The lowest BCUT2D eigenvalue weighted by Gasteiger charge is -2.17. The molecular formula is C23H25N3O2. The molecule has 1 aliphatic heterocycles. The van der Waals surface area contributed by atoms with E-state index in [0.29, 0.717) is 13.1 Å². The van der Waals surface area contributed by atoms with E-state index in [1.165, 1.54) is 29.5 Å². The zero-order valence-electron chi connectivity index (χ0n) is 15.9. The van der Waals surface area contributed by atoms with Crippen molar-refractivity contribution in [2.45, 2.75) is 38.2 Å². The van der Waals surface area contributed by atoms with E-state index in [1.807, 2.05) is 29.2 Å². The minimum Gasteiger partial charge on any atom is -0.391 e. The maximum Gasteiger partial charge on any atom is 0.256 e. The fourth-order valence-corrected chi connectivity index (χ4v) is 4.82. The summed E-state index contributed by atoms with van der Waals surface area (Å²) in [5.41, 5.74) is 5.51. The Labute approximate surface area is 164 Å². The van der Waals surface area contributed by atoms with E-state index in [2.05, 4.69) is 16.0 Å². The third kappa shape index (κ3) is 3.00. The third-order valence-corrected chi connectivity index (χ3v) is 6.30. The van der Waals surface area contributed by atoms with Crippen LogP contribution in [0.4, 0.5) is 0 Å². The maximum atomic E-state index is 13.3. The van der Waals surface area contributed by atoms with Crippen molar-refractivity contribution in [2.75, 3.05) is 13.1 Å². The molecule has 3 heterocycles. The number of β-amino-alcohol motifs (C(OH)–C–C–N with tert-alkyl or cyclic N) is 1. The van der Waals surface area contributed by atoms with Gasteiger partial charge in [0.25, 0.3) is 5.91 Å². The van der Waals surface area contributed by atoms with E-state index in [1.54, 1.807) is 12.4 Å². The van der Waals surface area contributed by atoms with Crippen LogP contribution < -0.4 is 0 Å². The molecule has 2 atom stereocenters. The van der Waals surface area contributed by atoms with Gasteiger partial charge in [0.2, 0.25) is 0 Å². The van der Waals surface area contributed by atoms with Gasteiger partial charge in [-0.2, -0.15) is 0 Å². The number of pyridine rings is 1. The van der Waals surface area contributed by atoms with E-state index in [-0.39, 0.29) is 11.8 Å². The standard InChI is InChI=1S/C23H25N3O2/c27-21-14-26(13-16(21)12-15-8-10-24-11-9-15)23(28)19-6-3-5-18-17-4-1-2-7-20(17)25-22(18)19/h3,5-6,8-11,16,21,25,27H,1-2,4,7,12-14H2/t16-,21+/m1/s1. The highest BCUT2D eigenvalue weighted by Gasteiger charge is 2.35. The summed E-state index contributed by atoms with van der Waals surface area (Å²) < 4.78 is 0. The topological polar surface area (TPSA) is 69.2 Å². The van der Waals surface area contributed by atoms with E-state index in [4.69, 9.17) is 0 Å². The number of aromatic amines is 1. The molecule has 144 valence electrons. The molecule has 28 heavy (non-hydrogen) atoms. The van der Waals surface area contributed by atoms with Gasteiger partial charge in [-0.15, -0.1) is 0 Å². The van der Waals surface area contributed by atoms with Crippen LogP contribution in [0.25, 0.3) is 10.9 Å². The summed E-state index contributed by atoms with van der Waals surface area (Å²) >= 11 is 0. The normalized spacial score (nSPS) is 21.8. The molecular weight excluding hydrogens is 350 g/mol. The van der Waals surface area contributed by atoms with Gasteiger partial charge in [0.05, 0.1) is 17.2 Å². The van der Waals surface area contributed by atoms with E-state index < -0.39 is 6.10 Å². The molecule has 0 saturated carbocycles. The number of fused-ring (bicyclic) bond motifs is 3. The number of nitrogens with zero attached hydrogens (tertiary/aromatic N) is 2. The number of carbonyl (C=O) groups is 1. The molecule has 2 aliphatic rings. The number of rotatable bonds is 3. The molecule has 1 aromatic carbocycles. The number of carbonyl (C=O) groups excluding carboxylic acids is 1. The van der Waals surface area contributed by atoms with Crippen molar-refractivity contribution in [2.24, 2.45) is 5.92 Å². The Hall–Kier alpha value is -2.66. The molecule has 5 rings (SSSR count). The SMILES string of the molecule is O=C(c1cccc2c3c([nH]c12)CCCC3)N1C[C@@H](Cc2ccncc2)[C@@H](O)C1. The van der Waals surface area contributed by atoms with E-state index >= 15 is 0 Å². The molecule has 5 heteroatoms. The molecule has 2 aromatic heterocycles. The predicted octanol–water partition coefficient (Wildman–Crippen LogP) is 3.12. The van der Waals surface area contributed by atoms with Gasteiger partial charge < -0.3 is 15.0 Å². The molecule has 0 bridgehead atoms. The number of amides is 1. The lowest BCUT2D eigenvalue weighted by Crippen LogP contribution is -2.29. The number of likely N-dealkylation sites (tertiary alicyclic amines) is 1. The minimum atomic E-state index is -0.492. The van der Waals surface area contributed by atoms with Gasteiger partial charge in [-0.05, 0) is 61.4 Å². The van der Waals surface area contributed by atoms with Gasteiger partial charge in [-0.1, -0.05) is 12.1 Å². The van der Waals surface area contributed by atoms with Crippen molar-refractivity contribution >= 4 is 16.8 Å². The number of hydrogen-bond acceptors (Lipinski definition) is 3. The van der Waals surface area contributed by atoms with Gasteiger partial charge in [0, 0.05) is 42.5 Å². The summed E-state index contributed by atoms with van der Waals surface area (Å²) in [6.45, 7) is 0.977. The number of hydrogen-bond donors (Lipinski definition) is 2. The smallest absolute Gasteiger partial charge is 0.256 e. The number of para-hydroxylation sites is 1. The molecule has 2 N–H and O–H groups in total. The van der Waals surface area contributed by atoms with Crippen LogP contribution in [0.1, 0.15) is 40.0 Å². The Morgan fingerprint density at radius 3 is 2.82 bits per heavy atom. The van der Waals surface area contributed by atoms with Crippen LogP contribution in [0, 0.1) is 5.92 Å². The summed E-state index contributed by atoms with van der Waals surface area (Å²) in [5, 5.41) is 11.7. The van der Waals surface area contributed by atoms with Crippen molar-refractivity contribution in [3.05, 3.63) is 65.1 Å². The van der Waals surface area contributed by atoms with Gasteiger partial charge in [-0.25, -0.2) is 0 Å². The van der Waals surface area contributed by atoms with Gasteiger partial charge in [-0.3, -0.25) is 9.78 Å². The van der Waals surface area contributed by atoms with E-state index in [9.17, 15) is 9.90 Å². The number of nitrogens with one attached hydrogen (secondary N) is 1. The van der Waals surface area contributed by atoms with Crippen LogP contribution in [0.2, 0.25) is 0 Å². The lowest BCUT2D eigenvalue weighted by atomic mass is 9.95. The number of aliphatic hydroxyl groups excluding tert-OH is 1. The molecule has 0 unspecified atom stereocenters. The van der Waals surface area contributed by atoms with Crippen LogP contribution in [-0.2, 0) is 19.3 Å². The quantitative estimate of drug-likeness (QED) is 0.739. The monoisotopic (exact) mass is 375 g/mol. The summed E-state index contributed by atoms with van der Waals surface area (Å²) in [6.07, 6.45) is 8.38. The summed E-state index contributed by atoms with van der Waals surface area (Å²) in [5.74, 6) is 0.0721. The highest BCUT2D eigenvalue weighted by atomic mass is 16.3. The highest BCUT2D eigenvalue weighted by molar-refractivity contribution is 6.07. The first kappa shape index (κ1) is 17.4. The summed E-state index contributed by atoms with van der Waals surface area (Å²) in [6, 6.07) is 9.97. The Bertz CT molecular complexity index is 1010. The van der Waals surface area contributed by atoms with Crippen molar-refractivity contribution < 1.29 is 9.90 Å². The second kappa shape index (κ2) is 7.06. The first-order valence-electron chi connectivity index (χ1n) is 10.2. The average Bonchev–Trinajstić information content (AvgIpc) is 3.29. The zero-order chi connectivity index (χ0) is 19.1. The predicted molar refractivity (Wildman–Crippen MR) is 108 cm³/mol. The highest BCUT2D eigenvalue weighted by Crippen LogP contribution is 2.32. The molecule has 1 saturated heterocycles. The van der Waals surface area contributed by atoms with Gasteiger partial charge >= 0.3 is 0 Å². The van der Waals surface area contributed by atoms with E-state index in [0.717, 1.165) is 35.9 Å². The summed E-state index contributed by atoms with van der Waals surface area (Å²) in [7, 11) is 0. The molecule has 0 spiro atoms. The Morgan fingerprint density at radius 1 is 1.14 bits per heavy atom. The molecule has 1 aliphatic carbocycles. The maximum absolute atomic E-state index is 13.3. The number of benzene rings is 1. The lowest BCUT2D eigenvalue weighted by molar-refractivity contribution is 0.0766. The van der Waals surface area contributed by atoms with Crippen LogP contribution in [-0.4, -0.2) is 45.1 Å². The number of aryl methyl sites for hydroxylation is 2. The van der Waals surface area contributed by atoms with Crippen molar-refractivity contribution in [3.8, 4) is 0 Å². The largest absolute Gasteiger partial charge is 0.391 e. The van der Waals surface area contributed by atoms with Gasteiger partial charge in [0.15, 0.2) is 0 Å². The minimum absolute atomic E-state index is 0.0143. The van der Waals surface area contributed by atoms with Crippen molar-refractivity contribution in [1.82, 2.24) is 14.9 Å². The van der Waals surface area contributed by atoms with Gasteiger partial charge in [0.1, 0.15) is 0 Å². The van der Waals surface area contributed by atoms with Crippen LogP contribution in [0.3, 0.4) is 0 Å². The van der Waals surface area contributed by atoms with Crippen LogP contribution in [0.5, 0.6) is 0 Å². The third-order valence-electron chi connectivity index (χ3n) is 6.30. The van der Waals surface area contributed by atoms with Crippen molar-refractivity contribution in [1.29, 1.82) is 0 Å². The Balaban J connectivity index is 1.40. The van der Waals surface area contributed by atoms with Crippen LogP contribution in [0.15, 0.2) is 42.7 Å². The fraction of sp³-hybridized carbons (Fsp3) is 0.391. The molecule has 3 aromatic rings. The van der Waals surface area contributed by atoms with Crippen LogP contribution >= 0.6 is 0 Å². The number of H-pyrrole nitrogens is 1. The molecule has 1 fully saturated rings. The molecule has 0 radical (unpaired) electrons. The average molecular weight is 375 g/mol. The number of aromatic nitrogens is 2. The first-order valence-corrected chi connectivity index (χ1v) is 10.2. The number of aliphatic hydroxyl groups is 1. The first-order chi connectivity index (χ1) is 13.7. The Kier molecular flexibility index (Phi) is 4.40. The zero-order valence-corrected chi connectivity index (χ0v) is 15.9. The summed E-state index contributed by atoms with van der Waals surface area (Å²) in [4.78, 5) is 22.7. The molecule has 1 amide bonds. The second-order valence-corrected chi connectivity index (χ2v) is 8.11. The molecule has 5 nitrogen and oxygen atoms in total. The van der Waals surface area contributed by atoms with Crippen molar-refractivity contribution in [3.63, 3.8) is 0 Å².